The molecule has 0 saturated carbocycles. The normalized spacial score (nSPS) is 23.1. The van der Waals surface area contributed by atoms with Crippen LogP contribution in [0.3, 0.4) is 0 Å². The molecule has 1 aliphatic carbocycles. The highest BCUT2D eigenvalue weighted by Gasteiger charge is 2.58. The van der Waals surface area contributed by atoms with Gasteiger partial charge in [0.2, 0.25) is 0 Å². The summed E-state index contributed by atoms with van der Waals surface area (Å²) in [5.41, 5.74) is -1.78. The molecule has 0 aliphatic heterocycles. The number of carbonyl (C=O) groups excluding carboxylic acids is 3. The van der Waals surface area contributed by atoms with Crippen LogP contribution in [0.15, 0.2) is 23.0 Å². The van der Waals surface area contributed by atoms with Crippen molar-refractivity contribution in [1.82, 2.24) is 0 Å². The van der Waals surface area contributed by atoms with E-state index in [1.54, 1.807) is 6.08 Å². The van der Waals surface area contributed by atoms with Gasteiger partial charge >= 0.3 is 0 Å². The van der Waals surface area contributed by atoms with E-state index in [1.165, 1.54) is 0 Å². The molecule has 1 rings (SSSR count). The molecule has 0 aromatic heterocycles. The highest BCUT2D eigenvalue weighted by molar-refractivity contribution is 6.26. The first kappa shape index (κ1) is 22.3. The summed E-state index contributed by atoms with van der Waals surface area (Å²) in [6, 6.07) is 0. The Kier molecular flexibility index (Phi) is 7.51. The third-order valence-electron chi connectivity index (χ3n) is 4.67. The average molecular weight is 364 g/mol. The molecule has 5 nitrogen and oxygen atoms in total. The first-order valence-corrected chi connectivity index (χ1v) is 9.33. The Morgan fingerprint density at radius 3 is 2.19 bits per heavy atom. The highest BCUT2D eigenvalue weighted by atomic mass is 16.3. The van der Waals surface area contributed by atoms with Crippen molar-refractivity contribution < 1.29 is 24.6 Å². The van der Waals surface area contributed by atoms with Gasteiger partial charge in [-0.3, -0.25) is 14.4 Å². The zero-order valence-corrected chi connectivity index (χ0v) is 16.8. The average Bonchev–Trinajstić information content (AvgIpc) is 2.69. The van der Waals surface area contributed by atoms with Gasteiger partial charge in [0.25, 0.3) is 0 Å². The Hall–Kier alpha value is -1.75. The summed E-state index contributed by atoms with van der Waals surface area (Å²) in [5, 5.41) is 21.7. The van der Waals surface area contributed by atoms with E-state index in [0.29, 0.717) is 6.42 Å². The minimum absolute atomic E-state index is 0.00262. The van der Waals surface area contributed by atoms with Crippen molar-refractivity contribution in [3.8, 4) is 0 Å². The molecule has 2 atom stereocenters. The Balaban J connectivity index is 3.34. The maximum Gasteiger partial charge on any atom is 0.191 e. The number of ketones is 3. The number of allylic oxidation sites excluding steroid dienone is 3. The third kappa shape index (κ3) is 4.70. The second kappa shape index (κ2) is 8.76. The molecule has 0 bridgehead atoms. The summed E-state index contributed by atoms with van der Waals surface area (Å²) in [6.45, 7) is 11.2. The van der Waals surface area contributed by atoms with E-state index in [9.17, 15) is 24.6 Å². The molecule has 0 heterocycles. The van der Waals surface area contributed by atoms with Crippen molar-refractivity contribution in [2.24, 2.45) is 17.8 Å². The van der Waals surface area contributed by atoms with Crippen LogP contribution in [-0.2, 0) is 14.4 Å². The standard InChI is InChI=1S/C21H32O5/c1-12(2)7-9-15-19(24)18(16(22)11-14(5)6)20(25)21(15,26)17(23)10-8-13(3)4/h7,13-15,25-26H,8-11H2,1-6H3/t15?,21-/m0/s1. The first-order chi connectivity index (χ1) is 11.9. The fourth-order valence-corrected chi connectivity index (χ4v) is 3.15. The van der Waals surface area contributed by atoms with E-state index in [4.69, 9.17) is 0 Å². The van der Waals surface area contributed by atoms with Crippen LogP contribution in [-0.4, -0.2) is 33.2 Å². The van der Waals surface area contributed by atoms with E-state index < -0.39 is 40.2 Å². The van der Waals surface area contributed by atoms with Crippen LogP contribution in [0.2, 0.25) is 0 Å². The van der Waals surface area contributed by atoms with E-state index in [2.05, 4.69) is 0 Å². The van der Waals surface area contributed by atoms with Gasteiger partial charge < -0.3 is 10.2 Å². The molecule has 26 heavy (non-hydrogen) atoms. The van der Waals surface area contributed by atoms with E-state index in [1.807, 2.05) is 41.5 Å². The molecule has 0 aromatic carbocycles. The number of hydrogen-bond acceptors (Lipinski definition) is 5. The molecule has 0 radical (unpaired) electrons. The van der Waals surface area contributed by atoms with Crippen molar-refractivity contribution in [3.05, 3.63) is 23.0 Å². The lowest BCUT2D eigenvalue weighted by molar-refractivity contribution is -0.145. The molecule has 2 N–H and O–H groups in total. The van der Waals surface area contributed by atoms with Gasteiger partial charge in [-0.05, 0) is 38.5 Å². The molecular formula is C21H32O5. The minimum Gasteiger partial charge on any atom is -0.508 e. The molecule has 1 unspecified atom stereocenters. The van der Waals surface area contributed by atoms with Gasteiger partial charge in [0.15, 0.2) is 23.0 Å². The molecule has 5 heteroatoms. The summed E-state index contributed by atoms with van der Waals surface area (Å²) in [5.74, 6) is -3.42. The summed E-state index contributed by atoms with van der Waals surface area (Å²) in [4.78, 5) is 38.0. The van der Waals surface area contributed by atoms with Gasteiger partial charge in [0.05, 0.1) is 5.92 Å². The van der Waals surface area contributed by atoms with Crippen LogP contribution in [0, 0.1) is 17.8 Å². The Morgan fingerprint density at radius 2 is 1.73 bits per heavy atom. The molecule has 1 aliphatic rings. The quantitative estimate of drug-likeness (QED) is 0.481. The lowest BCUT2D eigenvalue weighted by Gasteiger charge is -2.27. The summed E-state index contributed by atoms with van der Waals surface area (Å²) in [7, 11) is 0. The van der Waals surface area contributed by atoms with Crippen LogP contribution < -0.4 is 0 Å². The summed E-state index contributed by atoms with van der Waals surface area (Å²) in [6.07, 6.45) is 2.51. The number of aliphatic hydroxyl groups excluding tert-OH is 1. The summed E-state index contributed by atoms with van der Waals surface area (Å²) < 4.78 is 0. The topological polar surface area (TPSA) is 91.7 Å². The largest absolute Gasteiger partial charge is 0.508 e. The molecule has 0 aromatic rings. The lowest BCUT2D eigenvalue weighted by Crippen LogP contribution is -2.46. The smallest absolute Gasteiger partial charge is 0.191 e. The monoisotopic (exact) mass is 364 g/mol. The van der Waals surface area contributed by atoms with Gasteiger partial charge in [-0.1, -0.05) is 39.3 Å². The number of rotatable bonds is 9. The molecule has 0 amide bonds. The zero-order chi connectivity index (χ0) is 20.2. The van der Waals surface area contributed by atoms with E-state index in [0.717, 1.165) is 5.57 Å². The lowest BCUT2D eigenvalue weighted by atomic mass is 9.80. The van der Waals surface area contributed by atoms with Crippen molar-refractivity contribution in [3.63, 3.8) is 0 Å². The van der Waals surface area contributed by atoms with Crippen molar-refractivity contribution in [1.29, 1.82) is 0 Å². The van der Waals surface area contributed by atoms with Gasteiger partial charge in [-0.25, -0.2) is 0 Å². The Labute approximate surface area is 156 Å². The second-order valence-electron chi connectivity index (χ2n) is 8.30. The highest BCUT2D eigenvalue weighted by Crippen LogP contribution is 2.42. The van der Waals surface area contributed by atoms with Crippen molar-refractivity contribution >= 4 is 17.3 Å². The predicted molar refractivity (Wildman–Crippen MR) is 101 cm³/mol. The SMILES string of the molecule is CC(C)=CCC1C(=O)C(C(=O)CC(C)C)=C(O)[C@@]1(O)C(=O)CCC(C)C. The van der Waals surface area contributed by atoms with Gasteiger partial charge in [0, 0.05) is 12.8 Å². The third-order valence-corrected chi connectivity index (χ3v) is 4.67. The minimum atomic E-state index is -2.31. The fourth-order valence-electron chi connectivity index (χ4n) is 3.15. The van der Waals surface area contributed by atoms with Crippen molar-refractivity contribution in [2.45, 2.75) is 72.8 Å². The van der Waals surface area contributed by atoms with Crippen LogP contribution in [0.25, 0.3) is 0 Å². The van der Waals surface area contributed by atoms with Gasteiger partial charge in [-0.2, -0.15) is 0 Å². The number of aliphatic hydroxyl groups is 2. The molecule has 146 valence electrons. The van der Waals surface area contributed by atoms with E-state index in [-0.39, 0.29) is 31.1 Å². The molecule has 0 fully saturated rings. The zero-order valence-electron chi connectivity index (χ0n) is 16.8. The fraction of sp³-hybridized carbons (Fsp3) is 0.667. The van der Waals surface area contributed by atoms with Gasteiger partial charge in [-0.15, -0.1) is 0 Å². The predicted octanol–water partition coefficient (Wildman–Crippen LogP) is 3.71. The molecule has 0 spiro atoms. The number of Topliss-reactive ketones (excluding diaryl/α,β-unsaturated/α-hetero) is 3. The summed E-state index contributed by atoms with van der Waals surface area (Å²) >= 11 is 0. The van der Waals surface area contributed by atoms with Crippen LogP contribution in [0.4, 0.5) is 0 Å². The van der Waals surface area contributed by atoms with Crippen molar-refractivity contribution in [2.75, 3.05) is 0 Å². The van der Waals surface area contributed by atoms with E-state index >= 15 is 0 Å². The van der Waals surface area contributed by atoms with Crippen LogP contribution in [0.5, 0.6) is 0 Å². The maximum atomic E-state index is 12.8. The van der Waals surface area contributed by atoms with Gasteiger partial charge in [0.1, 0.15) is 11.3 Å². The first-order valence-electron chi connectivity index (χ1n) is 9.33. The molecular weight excluding hydrogens is 332 g/mol. The number of carbonyl (C=O) groups is 3. The molecule has 0 saturated heterocycles. The van der Waals surface area contributed by atoms with Crippen LogP contribution >= 0.6 is 0 Å². The van der Waals surface area contributed by atoms with Crippen LogP contribution in [0.1, 0.15) is 67.2 Å². The number of hydrogen-bond donors (Lipinski definition) is 2. The Bertz CT molecular complexity index is 635. The Morgan fingerprint density at radius 1 is 1.15 bits per heavy atom. The maximum absolute atomic E-state index is 12.8. The second-order valence-corrected chi connectivity index (χ2v) is 8.30.